The van der Waals surface area contributed by atoms with E-state index in [2.05, 4.69) is 11.9 Å². The number of ketones is 1. The number of aromatic nitrogens is 2. The van der Waals surface area contributed by atoms with Crippen LogP contribution in [-0.4, -0.2) is 15.3 Å². The Hall–Kier alpha value is -2.82. The van der Waals surface area contributed by atoms with Gasteiger partial charge in [-0.3, -0.25) is 14.2 Å². The second kappa shape index (κ2) is 6.74. The van der Waals surface area contributed by atoms with Crippen molar-refractivity contribution in [1.29, 1.82) is 0 Å². The highest BCUT2D eigenvalue weighted by molar-refractivity contribution is 5.96. The van der Waals surface area contributed by atoms with Gasteiger partial charge in [0.1, 0.15) is 5.82 Å². The summed E-state index contributed by atoms with van der Waals surface area (Å²) in [5.74, 6) is -0.612. The maximum absolute atomic E-state index is 13.2. The molecule has 0 aliphatic carbocycles. The van der Waals surface area contributed by atoms with Crippen LogP contribution in [0.5, 0.6) is 0 Å². The Labute approximate surface area is 138 Å². The number of carbonyl (C=O) groups excluding carboxylic acids is 1. The van der Waals surface area contributed by atoms with Gasteiger partial charge < -0.3 is 0 Å². The monoisotopic (exact) mass is 324 g/mol. The third-order valence-electron chi connectivity index (χ3n) is 3.92. The fourth-order valence-corrected chi connectivity index (χ4v) is 2.64. The molecule has 0 spiro atoms. The second-order valence-electron chi connectivity index (χ2n) is 5.71. The fraction of sp³-hybridized carbons (Fsp3) is 0.211. The third-order valence-corrected chi connectivity index (χ3v) is 3.92. The first kappa shape index (κ1) is 16.1. The van der Waals surface area contributed by atoms with Crippen molar-refractivity contribution in [3.8, 4) is 0 Å². The highest BCUT2D eigenvalue weighted by Gasteiger charge is 2.10. The lowest BCUT2D eigenvalue weighted by molar-refractivity contribution is 0.0970. The molecule has 0 saturated carbocycles. The van der Waals surface area contributed by atoms with Crippen molar-refractivity contribution in [3.63, 3.8) is 0 Å². The van der Waals surface area contributed by atoms with Crippen LogP contribution >= 0.6 is 0 Å². The van der Waals surface area contributed by atoms with E-state index in [1.165, 1.54) is 34.7 Å². The van der Waals surface area contributed by atoms with Crippen LogP contribution in [-0.2, 0) is 13.0 Å². The molecule has 0 aliphatic rings. The van der Waals surface area contributed by atoms with E-state index in [1.807, 2.05) is 12.1 Å². The summed E-state index contributed by atoms with van der Waals surface area (Å²) in [5.41, 5.74) is 1.67. The Balaban J connectivity index is 1.86. The van der Waals surface area contributed by atoms with Gasteiger partial charge in [-0.15, -0.1) is 0 Å². The molecule has 0 fully saturated rings. The van der Waals surface area contributed by atoms with E-state index in [1.54, 1.807) is 12.1 Å². The summed E-state index contributed by atoms with van der Waals surface area (Å²) >= 11 is 0. The van der Waals surface area contributed by atoms with E-state index >= 15 is 0 Å². The van der Waals surface area contributed by atoms with Crippen LogP contribution in [0.25, 0.3) is 10.9 Å². The number of benzene rings is 2. The Morgan fingerprint density at radius 1 is 1.17 bits per heavy atom. The van der Waals surface area contributed by atoms with Gasteiger partial charge >= 0.3 is 0 Å². The number of hydrogen-bond acceptors (Lipinski definition) is 3. The Morgan fingerprint density at radius 2 is 1.92 bits per heavy atom. The summed E-state index contributed by atoms with van der Waals surface area (Å²) in [4.78, 5) is 28.8. The molecule has 5 heteroatoms. The second-order valence-corrected chi connectivity index (χ2v) is 5.71. The Morgan fingerprint density at radius 3 is 2.62 bits per heavy atom. The van der Waals surface area contributed by atoms with E-state index in [0.717, 1.165) is 12.8 Å². The third kappa shape index (κ3) is 3.25. The summed E-state index contributed by atoms with van der Waals surface area (Å²) in [7, 11) is 0. The molecule has 1 aromatic heterocycles. The predicted octanol–water partition coefficient (Wildman–Crippen LogP) is 3.37. The fourth-order valence-electron chi connectivity index (χ4n) is 2.64. The van der Waals surface area contributed by atoms with Gasteiger partial charge in [-0.2, -0.15) is 0 Å². The minimum atomic E-state index is -0.449. The zero-order valence-electron chi connectivity index (χ0n) is 13.3. The summed E-state index contributed by atoms with van der Waals surface area (Å²) in [5, 5.41) is 0.296. The van der Waals surface area contributed by atoms with Gasteiger partial charge in [-0.25, -0.2) is 9.37 Å². The number of aryl methyl sites for hydroxylation is 1. The maximum atomic E-state index is 13.2. The molecule has 0 amide bonds. The first-order valence-corrected chi connectivity index (χ1v) is 7.85. The predicted molar refractivity (Wildman–Crippen MR) is 90.7 cm³/mol. The van der Waals surface area contributed by atoms with Crippen LogP contribution in [0.3, 0.4) is 0 Å². The quantitative estimate of drug-likeness (QED) is 0.676. The molecular weight excluding hydrogens is 307 g/mol. The molecule has 122 valence electrons. The standard InChI is InChI=1S/C19H17FN2O2/c1-2-3-13-4-6-14(7-5-13)18(23)11-22-12-21-17-10-15(20)8-9-16(17)19(22)24/h4-10,12H,2-3,11H2,1H3. The van der Waals surface area contributed by atoms with E-state index in [-0.39, 0.29) is 23.4 Å². The first-order valence-electron chi connectivity index (χ1n) is 7.85. The number of hydrogen-bond donors (Lipinski definition) is 0. The molecule has 0 atom stereocenters. The smallest absolute Gasteiger partial charge is 0.261 e. The summed E-state index contributed by atoms with van der Waals surface area (Å²) < 4.78 is 14.4. The number of rotatable bonds is 5. The Kier molecular flexibility index (Phi) is 4.51. The van der Waals surface area contributed by atoms with Crippen molar-refractivity contribution in [1.82, 2.24) is 9.55 Å². The average Bonchev–Trinajstić information content (AvgIpc) is 2.58. The van der Waals surface area contributed by atoms with Gasteiger partial charge in [-0.1, -0.05) is 37.6 Å². The maximum Gasteiger partial charge on any atom is 0.261 e. The normalized spacial score (nSPS) is 10.9. The van der Waals surface area contributed by atoms with Crippen molar-refractivity contribution in [3.05, 3.63) is 76.1 Å². The van der Waals surface area contributed by atoms with E-state index in [4.69, 9.17) is 0 Å². The molecule has 2 aromatic carbocycles. The summed E-state index contributed by atoms with van der Waals surface area (Å²) in [6, 6.07) is 11.2. The zero-order valence-corrected chi connectivity index (χ0v) is 13.3. The molecule has 4 nitrogen and oxygen atoms in total. The molecule has 24 heavy (non-hydrogen) atoms. The lowest BCUT2D eigenvalue weighted by Crippen LogP contribution is -2.24. The van der Waals surface area contributed by atoms with Gasteiger partial charge in [0.05, 0.1) is 23.8 Å². The molecule has 1 heterocycles. The van der Waals surface area contributed by atoms with Crippen molar-refractivity contribution < 1.29 is 9.18 Å². The van der Waals surface area contributed by atoms with Crippen LogP contribution in [0.1, 0.15) is 29.3 Å². The van der Waals surface area contributed by atoms with Gasteiger partial charge in [0.2, 0.25) is 0 Å². The lowest BCUT2D eigenvalue weighted by Gasteiger charge is -2.07. The molecule has 0 saturated heterocycles. The van der Waals surface area contributed by atoms with Gasteiger partial charge in [0.25, 0.3) is 5.56 Å². The van der Waals surface area contributed by atoms with Crippen LogP contribution in [0, 0.1) is 5.82 Å². The minimum absolute atomic E-state index is 0.0910. The highest BCUT2D eigenvalue weighted by atomic mass is 19.1. The number of fused-ring (bicyclic) bond motifs is 1. The average molecular weight is 324 g/mol. The molecule has 0 bridgehead atoms. The lowest BCUT2D eigenvalue weighted by atomic mass is 10.1. The Bertz CT molecular complexity index is 946. The van der Waals surface area contributed by atoms with Crippen LogP contribution in [0.2, 0.25) is 0 Å². The molecule has 3 aromatic rings. The van der Waals surface area contributed by atoms with E-state index in [0.29, 0.717) is 10.9 Å². The van der Waals surface area contributed by atoms with Gasteiger partial charge in [-0.05, 0) is 24.1 Å². The highest BCUT2D eigenvalue weighted by Crippen LogP contribution is 2.10. The number of carbonyl (C=O) groups is 1. The van der Waals surface area contributed by atoms with Crippen LogP contribution in [0.15, 0.2) is 53.6 Å². The summed E-state index contributed by atoms with van der Waals surface area (Å²) in [6.07, 6.45) is 3.30. The van der Waals surface area contributed by atoms with Crippen LogP contribution in [0.4, 0.5) is 4.39 Å². The van der Waals surface area contributed by atoms with Crippen molar-refractivity contribution in [2.24, 2.45) is 0 Å². The largest absolute Gasteiger partial charge is 0.292 e. The summed E-state index contributed by atoms with van der Waals surface area (Å²) in [6.45, 7) is 2.01. The van der Waals surface area contributed by atoms with Crippen molar-refractivity contribution in [2.75, 3.05) is 0 Å². The SMILES string of the molecule is CCCc1ccc(C(=O)Cn2cnc3cc(F)ccc3c2=O)cc1. The molecule has 0 N–H and O–H groups in total. The number of nitrogens with zero attached hydrogens (tertiary/aromatic N) is 2. The molecule has 3 rings (SSSR count). The minimum Gasteiger partial charge on any atom is -0.292 e. The zero-order chi connectivity index (χ0) is 17.1. The topological polar surface area (TPSA) is 52.0 Å². The number of halogens is 1. The number of Topliss-reactive ketones (excluding diaryl/α,β-unsaturated/α-hetero) is 1. The first-order chi connectivity index (χ1) is 11.6. The van der Waals surface area contributed by atoms with E-state index in [9.17, 15) is 14.0 Å². The van der Waals surface area contributed by atoms with Crippen molar-refractivity contribution in [2.45, 2.75) is 26.3 Å². The molecule has 0 unspecified atom stereocenters. The molecule has 0 radical (unpaired) electrons. The van der Waals surface area contributed by atoms with E-state index < -0.39 is 5.82 Å². The van der Waals surface area contributed by atoms with Crippen LogP contribution < -0.4 is 5.56 Å². The van der Waals surface area contributed by atoms with Gasteiger partial charge in [0.15, 0.2) is 5.78 Å². The van der Waals surface area contributed by atoms with Gasteiger partial charge in [0, 0.05) is 11.6 Å². The molecule has 0 aliphatic heterocycles. The van der Waals surface area contributed by atoms with Crippen molar-refractivity contribution >= 4 is 16.7 Å². The molecular formula is C19H17FN2O2.